The topological polar surface area (TPSA) is 53.7 Å². The Hall–Kier alpha value is -2.41. The van der Waals surface area contributed by atoms with E-state index in [2.05, 4.69) is 4.74 Å². The average Bonchev–Trinajstić information content (AvgIpc) is 2.94. The first-order chi connectivity index (χ1) is 10.4. The van der Waals surface area contributed by atoms with Crippen molar-refractivity contribution in [3.63, 3.8) is 0 Å². The Morgan fingerprint density at radius 3 is 2.45 bits per heavy atom. The molecule has 0 spiro atoms. The van der Waals surface area contributed by atoms with Crippen molar-refractivity contribution in [2.75, 3.05) is 6.79 Å². The number of benzene rings is 2. The molecular weight excluding hydrogens is 299 g/mol. The summed E-state index contributed by atoms with van der Waals surface area (Å²) >= 11 is 0. The molecule has 1 aliphatic rings. The highest BCUT2D eigenvalue weighted by Crippen LogP contribution is 2.39. The fourth-order valence-electron chi connectivity index (χ4n) is 2.25. The van der Waals surface area contributed by atoms with Crippen LogP contribution in [0.15, 0.2) is 42.5 Å². The van der Waals surface area contributed by atoms with Crippen LogP contribution in [-0.2, 0) is 0 Å². The Bertz CT molecular complexity index is 671. The van der Waals surface area contributed by atoms with Crippen molar-refractivity contribution < 1.29 is 27.4 Å². The third-order valence-corrected chi connectivity index (χ3v) is 3.23. The van der Waals surface area contributed by atoms with Gasteiger partial charge in [0, 0.05) is 5.56 Å². The van der Waals surface area contributed by atoms with Crippen molar-refractivity contribution in [2.45, 2.75) is 12.4 Å². The van der Waals surface area contributed by atoms with Gasteiger partial charge in [-0.1, -0.05) is 24.3 Å². The summed E-state index contributed by atoms with van der Waals surface area (Å²) in [6.45, 7) is 0.122. The second kappa shape index (κ2) is 5.42. The van der Waals surface area contributed by atoms with Gasteiger partial charge in [-0.2, -0.15) is 0 Å². The van der Waals surface area contributed by atoms with E-state index >= 15 is 0 Å². The standard InChI is InChI=1S/C15H12F3NO3/c16-15(17,18)22-10-6-4-9(5-7-10)13(19)11-2-1-3-12-14(11)21-8-20-12/h1-7,13H,8,19H2/t13-/m0/s1. The number of hydrogen-bond donors (Lipinski definition) is 1. The SMILES string of the molecule is N[C@@H](c1ccc(OC(F)(F)F)cc1)c1cccc2c1OCO2. The molecule has 2 N–H and O–H groups in total. The summed E-state index contributed by atoms with van der Waals surface area (Å²) < 4.78 is 50.9. The first-order valence-electron chi connectivity index (χ1n) is 6.44. The van der Waals surface area contributed by atoms with Gasteiger partial charge in [0.2, 0.25) is 6.79 Å². The summed E-state index contributed by atoms with van der Waals surface area (Å²) in [5, 5.41) is 0. The summed E-state index contributed by atoms with van der Waals surface area (Å²) in [5.41, 5.74) is 7.51. The van der Waals surface area contributed by atoms with Crippen LogP contribution in [0.1, 0.15) is 17.2 Å². The molecule has 0 radical (unpaired) electrons. The van der Waals surface area contributed by atoms with Gasteiger partial charge in [0.25, 0.3) is 0 Å². The number of nitrogens with two attached hydrogens (primary N) is 1. The van der Waals surface area contributed by atoms with Gasteiger partial charge in [-0.25, -0.2) is 0 Å². The van der Waals surface area contributed by atoms with Crippen molar-refractivity contribution in [1.82, 2.24) is 0 Å². The Balaban J connectivity index is 1.84. The van der Waals surface area contributed by atoms with E-state index in [4.69, 9.17) is 15.2 Å². The predicted octanol–water partition coefficient (Wildman–Crippen LogP) is 3.36. The number of halogens is 3. The summed E-state index contributed by atoms with van der Waals surface area (Å²) in [6, 6.07) is 10.2. The van der Waals surface area contributed by atoms with Crippen molar-refractivity contribution in [3.05, 3.63) is 53.6 Å². The second-order valence-electron chi connectivity index (χ2n) is 4.68. The molecular formula is C15H12F3NO3. The number of rotatable bonds is 3. The van der Waals surface area contributed by atoms with E-state index in [1.54, 1.807) is 18.2 Å². The van der Waals surface area contributed by atoms with Gasteiger partial charge in [0.1, 0.15) is 5.75 Å². The lowest BCUT2D eigenvalue weighted by molar-refractivity contribution is -0.274. The summed E-state index contributed by atoms with van der Waals surface area (Å²) in [4.78, 5) is 0. The van der Waals surface area contributed by atoms with Crippen LogP contribution in [0.4, 0.5) is 13.2 Å². The molecule has 0 amide bonds. The Morgan fingerprint density at radius 2 is 1.77 bits per heavy atom. The van der Waals surface area contributed by atoms with E-state index in [9.17, 15) is 13.2 Å². The fourth-order valence-corrected chi connectivity index (χ4v) is 2.25. The van der Waals surface area contributed by atoms with Crippen LogP contribution in [0.25, 0.3) is 0 Å². The van der Waals surface area contributed by atoms with Gasteiger partial charge < -0.3 is 19.9 Å². The highest BCUT2D eigenvalue weighted by Gasteiger charge is 2.31. The maximum Gasteiger partial charge on any atom is 0.573 e. The van der Waals surface area contributed by atoms with Crippen LogP contribution in [0.5, 0.6) is 17.2 Å². The molecule has 0 saturated carbocycles. The molecule has 0 aliphatic carbocycles. The summed E-state index contributed by atoms with van der Waals surface area (Å²) in [5.74, 6) is 0.872. The molecule has 2 aromatic rings. The van der Waals surface area contributed by atoms with E-state index in [-0.39, 0.29) is 12.5 Å². The number of ether oxygens (including phenoxy) is 3. The van der Waals surface area contributed by atoms with E-state index in [1.807, 2.05) is 0 Å². The zero-order chi connectivity index (χ0) is 15.7. The van der Waals surface area contributed by atoms with Gasteiger partial charge in [-0.05, 0) is 23.8 Å². The smallest absolute Gasteiger partial charge is 0.454 e. The molecule has 7 heteroatoms. The average molecular weight is 311 g/mol. The van der Waals surface area contributed by atoms with Crippen LogP contribution in [-0.4, -0.2) is 13.2 Å². The molecule has 0 unspecified atom stereocenters. The molecule has 1 aliphatic heterocycles. The van der Waals surface area contributed by atoms with Crippen molar-refractivity contribution in [2.24, 2.45) is 5.73 Å². The first kappa shape index (κ1) is 14.5. The van der Waals surface area contributed by atoms with Crippen LogP contribution in [0.3, 0.4) is 0 Å². The quantitative estimate of drug-likeness (QED) is 0.944. The molecule has 116 valence electrons. The Labute approximate surface area is 124 Å². The lowest BCUT2D eigenvalue weighted by Crippen LogP contribution is -2.17. The molecule has 0 fully saturated rings. The molecule has 1 heterocycles. The maximum absolute atomic E-state index is 12.1. The van der Waals surface area contributed by atoms with Gasteiger partial charge >= 0.3 is 6.36 Å². The van der Waals surface area contributed by atoms with E-state index in [1.165, 1.54) is 24.3 Å². The minimum atomic E-state index is -4.71. The van der Waals surface area contributed by atoms with Crippen molar-refractivity contribution >= 4 is 0 Å². The minimum absolute atomic E-state index is 0.122. The maximum atomic E-state index is 12.1. The molecule has 1 atom stereocenters. The number of hydrogen-bond acceptors (Lipinski definition) is 4. The summed E-state index contributed by atoms with van der Waals surface area (Å²) in [6.07, 6.45) is -4.71. The number of fused-ring (bicyclic) bond motifs is 1. The monoisotopic (exact) mass is 311 g/mol. The Morgan fingerprint density at radius 1 is 1.05 bits per heavy atom. The van der Waals surface area contributed by atoms with Gasteiger partial charge in [0.05, 0.1) is 6.04 Å². The first-order valence-corrected chi connectivity index (χ1v) is 6.44. The van der Waals surface area contributed by atoms with E-state index in [0.29, 0.717) is 22.6 Å². The lowest BCUT2D eigenvalue weighted by atomic mass is 9.98. The van der Waals surface area contributed by atoms with E-state index < -0.39 is 12.4 Å². The molecule has 2 aromatic carbocycles. The second-order valence-corrected chi connectivity index (χ2v) is 4.68. The third-order valence-electron chi connectivity index (χ3n) is 3.23. The van der Waals surface area contributed by atoms with Gasteiger partial charge in [-0.3, -0.25) is 0 Å². The summed E-state index contributed by atoms with van der Waals surface area (Å²) in [7, 11) is 0. The highest BCUT2D eigenvalue weighted by molar-refractivity contribution is 5.52. The third kappa shape index (κ3) is 2.94. The molecule has 3 rings (SSSR count). The lowest BCUT2D eigenvalue weighted by Gasteiger charge is -2.15. The van der Waals surface area contributed by atoms with Gasteiger partial charge in [-0.15, -0.1) is 13.2 Å². The molecule has 0 aromatic heterocycles. The normalized spacial score (nSPS) is 14.7. The highest BCUT2D eigenvalue weighted by atomic mass is 19.4. The molecule has 0 saturated heterocycles. The van der Waals surface area contributed by atoms with Crippen LogP contribution in [0.2, 0.25) is 0 Å². The molecule has 0 bridgehead atoms. The largest absolute Gasteiger partial charge is 0.573 e. The van der Waals surface area contributed by atoms with Crippen LogP contribution < -0.4 is 19.9 Å². The van der Waals surface area contributed by atoms with Crippen LogP contribution >= 0.6 is 0 Å². The zero-order valence-electron chi connectivity index (χ0n) is 11.3. The fraction of sp³-hybridized carbons (Fsp3) is 0.200. The van der Waals surface area contributed by atoms with E-state index in [0.717, 1.165) is 0 Å². The number of alkyl halides is 3. The zero-order valence-corrected chi connectivity index (χ0v) is 11.3. The predicted molar refractivity (Wildman–Crippen MR) is 71.7 cm³/mol. The molecule has 4 nitrogen and oxygen atoms in total. The van der Waals surface area contributed by atoms with Crippen molar-refractivity contribution in [3.8, 4) is 17.2 Å². The van der Waals surface area contributed by atoms with Crippen molar-refractivity contribution in [1.29, 1.82) is 0 Å². The van der Waals surface area contributed by atoms with Crippen LogP contribution in [0, 0.1) is 0 Å². The minimum Gasteiger partial charge on any atom is -0.454 e. The molecule has 22 heavy (non-hydrogen) atoms. The number of para-hydroxylation sites is 1. The van der Waals surface area contributed by atoms with Gasteiger partial charge in [0.15, 0.2) is 11.5 Å². The Kier molecular flexibility index (Phi) is 3.58.